The second kappa shape index (κ2) is 6.06. The van der Waals surface area contributed by atoms with Crippen LogP contribution >= 0.6 is 0 Å². The van der Waals surface area contributed by atoms with Crippen molar-refractivity contribution < 1.29 is 9.53 Å². The molecule has 2 heterocycles. The average Bonchev–Trinajstić information content (AvgIpc) is 3.03. The van der Waals surface area contributed by atoms with Gasteiger partial charge in [0.25, 0.3) is 0 Å². The van der Waals surface area contributed by atoms with Gasteiger partial charge in [-0.3, -0.25) is 4.79 Å². The Labute approximate surface area is 126 Å². The highest BCUT2D eigenvalue weighted by Crippen LogP contribution is 2.26. The minimum absolute atomic E-state index is 0.230. The molecule has 2 saturated heterocycles. The first-order chi connectivity index (χ1) is 10.1. The lowest BCUT2D eigenvalue weighted by atomic mass is 10.0. The molecule has 0 bridgehead atoms. The molecule has 4 heteroatoms. The molecule has 2 atom stereocenters. The highest BCUT2D eigenvalue weighted by atomic mass is 16.5. The van der Waals surface area contributed by atoms with Crippen LogP contribution < -0.4 is 10.1 Å². The molecule has 114 valence electrons. The number of rotatable bonds is 4. The summed E-state index contributed by atoms with van der Waals surface area (Å²) >= 11 is 0. The lowest BCUT2D eigenvalue weighted by molar-refractivity contribution is -0.130. The van der Waals surface area contributed by atoms with E-state index >= 15 is 0 Å². The third kappa shape index (κ3) is 3.21. The van der Waals surface area contributed by atoms with E-state index in [9.17, 15) is 4.79 Å². The van der Waals surface area contributed by atoms with Crippen molar-refractivity contribution in [1.82, 2.24) is 10.2 Å². The summed E-state index contributed by atoms with van der Waals surface area (Å²) in [5.74, 6) is 2.41. The Hall–Kier alpha value is -1.55. The molecule has 2 aliphatic heterocycles. The quantitative estimate of drug-likeness (QED) is 0.918. The molecule has 0 saturated carbocycles. The summed E-state index contributed by atoms with van der Waals surface area (Å²) in [5, 5.41) is 3.40. The van der Waals surface area contributed by atoms with E-state index in [4.69, 9.17) is 4.74 Å². The Kier molecular flexibility index (Phi) is 4.15. The van der Waals surface area contributed by atoms with Gasteiger partial charge in [-0.1, -0.05) is 6.07 Å². The normalized spacial score (nSPS) is 24.2. The number of carbonyl (C=O) groups is 1. The predicted octanol–water partition coefficient (Wildman–Crippen LogP) is 1.75. The summed E-state index contributed by atoms with van der Waals surface area (Å²) in [7, 11) is 0. The molecule has 2 fully saturated rings. The maximum absolute atomic E-state index is 12.2. The molecule has 1 aromatic rings. The molecule has 1 amide bonds. The summed E-state index contributed by atoms with van der Waals surface area (Å²) in [6.45, 7) is 8.58. The van der Waals surface area contributed by atoms with Crippen LogP contribution in [0.2, 0.25) is 0 Å². The number of hydrogen-bond acceptors (Lipinski definition) is 3. The molecular formula is C17H24N2O2. The Morgan fingerprint density at radius 1 is 1.24 bits per heavy atom. The fraction of sp³-hybridized carbons (Fsp3) is 0.588. The number of benzene rings is 1. The van der Waals surface area contributed by atoms with E-state index in [0.29, 0.717) is 24.9 Å². The highest BCUT2D eigenvalue weighted by Gasteiger charge is 2.37. The minimum Gasteiger partial charge on any atom is -0.493 e. The third-order valence-corrected chi connectivity index (χ3v) is 4.81. The summed E-state index contributed by atoms with van der Waals surface area (Å²) in [6, 6.07) is 6.06. The SMILES string of the molecule is Cc1ccc(OCCC(=O)N2C[C@H]3CNC[C@H]3C2)cc1C. The van der Waals surface area contributed by atoms with Crippen LogP contribution in [0.25, 0.3) is 0 Å². The largest absolute Gasteiger partial charge is 0.493 e. The molecule has 4 nitrogen and oxygen atoms in total. The Balaban J connectivity index is 1.45. The number of carbonyl (C=O) groups excluding carboxylic acids is 1. The standard InChI is InChI=1S/C17H24N2O2/c1-12-3-4-16(7-13(12)2)21-6-5-17(20)19-10-14-8-18-9-15(14)11-19/h3-4,7,14-15,18H,5-6,8-11H2,1-2H3/t14-,15+. The number of nitrogens with one attached hydrogen (secondary N) is 1. The summed E-state index contributed by atoms with van der Waals surface area (Å²) in [6.07, 6.45) is 0.472. The van der Waals surface area contributed by atoms with Crippen molar-refractivity contribution in [3.05, 3.63) is 29.3 Å². The van der Waals surface area contributed by atoms with Crippen molar-refractivity contribution in [2.45, 2.75) is 20.3 Å². The zero-order valence-electron chi connectivity index (χ0n) is 12.9. The summed E-state index contributed by atoms with van der Waals surface area (Å²) in [5.41, 5.74) is 2.48. The number of likely N-dealkylation sites (tertiary alicyclic amines) is 1. The lowest BCUT2D eigenvalue weighted by Crippen LogP contribution is -2.32. The van der Waals surface area contributed by atoms with Gasteiger partial charge in [-0.2, -0.15) is 0 Å². The molecule has 1 N–H and O–H groups in total. The monoisotopic (exact) mass is 288 g/mol. The van der Waals surface area contributed by atoms with E-state index in [1.54, 1.807) is 0 Å². The fourth-order valence-electron chi connectivity index (χ4n) is 3.28. The van der Waals surface area contributed by atoms with E-state index < -0.39 is 0 Å². The molecule has 0 unspecified atom stereocenters. The van der Waals surface area contributed by atoms with Gasteiger partial charge >= 0.3 is 0 Å². The van der Waals surface area contributed by atoms with Crippen molar-refractivity contribution in [1.29, 1.82) is 0 Å². The van der Waals surface area contributed by atoms with Crippen molar-refractivity contribution in [2.75, 3.05) is 32.8 Å². The van der Waals surface area contributed by atoms with Crippen LogP contribution in [0, 0.1) is 25.7 Å². The van der Waals surface area contributed by atoms with Gasteiger partial charge in [-0.15, -0.1) is 0 Å². The second-order valence-electron chi connectivity index (χ2n) is 6.32. The Morgan fingerprint density at radius 3 is 2.62 bits per heavy atom. The van der Waals surface area contributed by atoms with Gasteiger partial charge < -0.3 is 15.0 Å². The molecule has 0 aromatic heterocycles. The van der Waals surface area contributed by atoms with Gasteiger partial charge in [0, 0.05) is 26.2 Å². The van der Waals surface area contributed by atoms with Gasteiger partial charge in [0.2, 0.25) is 5.91 Å². The number of amides is 1. The Bertz CT molecular complexity index is 518. The zero-order chi connectivity index (χ0) is 14.8. The van der Waals surface area contributed by atoms with Crippen LogP contribution in [0.4, 0.5) is 0 Å². The Morgan fingerprint density at radius 2 is 1.95 bits per heavy atom. The van der Waals surface area contributed by atoms with Crippen LogP contribution in [0.5, 0.6) is 5.75 Å². The van der Waals surface area contributed by atoms with Gasteiger partial charge in [-0.05, 0) is 48.9 Å². The van der Waals surface area contributed by atoms with Crippen molar-refractivity contribution >= 4 is 5.91 Å². The van der Waals surface area contributed by atoms with Crippen molar-refractivity contribution in [2.24, 2.45) is 11.8 Å². The van der Waals surface area contributed by atoms with Crippen LogP contribution in [0.3, 0.4) is 0 Å². The maximum atomic E-state index is 12.2. The van der Waals surface area contributed by atoms with E-state index in [0.717, 1.165) is 31.9 Å². The second-order valence-corrected chi connectivity index (χ2v) is 6.32. The van der Waals surface area contributed by atoms with Crippen LogP contribution in [0.1, 0.15) is 17.5 Å². The van der Waals surface area contributed by atoms with E-state index in [1.165, 1.54) is 11.1 Å². The topological polar surface area (TPSA) is 41.6 Å². The lowest BCUT2D eigenvalue weighted by Gasteiger charge is -2.17. The molecule has 3 rings (SSSR count). The number of ether oxygens (including phenoxy) is 1. The zero-order valence-corrected chi connectivity index (χ0v) is 12.9. The molecule has 0 aliphatic carbocycles. The molecule has 0 radical (unpaired) electrons. The van der Waals surface area contributed by atoms with Crippen molar-refractivity contribution in [3.8, 4) is 5.75 Å². The first-order valence-corrected chi connectivity index (χ1v) is 7.82. The molecule has 2 aliphatic rings. The molecule has 21 heavy (non-hydrogen) atoms. The predicted molar refractivity (Wildman–Crippen MR) is 82.5 cm³/mol. The number of hydrogen-bond donors (Lipinski definition) is 1. The smallest absolute Gasteiger partial charge is 0.226 e. The van der Waals surface area contributed by atoms with Gasteiger partial charge in [0.15, 0.2) is 0 Å². The maximum Gasteiger partial charge on any atom is 0.226 e. The van der Waals surface area contributed by atoms with Gasteiger partial charge in [0.1, 0.15) is 5.75 Å². The first-order valence-electron chi connectivity index (χ1n) is 7.82. The van der Waals surface area contributed by atoms with Crippen molar-refractivity contribution in [3.63, 3.8) is 0 Å². The minimum atomic E-state index is 0.230. The van der Waals surface area contributed by atoms with Crippen LogP contribution in [-0.2, 0) is 4.79 Å². The summed E-state index contributed by atoms with van der Waals surface area (Å²) in [4.78, 5) is 14.2. The molecule has 1 aromatic carbocycles. The van der Waals surface area contributed by atoms with Crippen LogP contribution in [-0.4, -0.2) is 43.6 Å². The average molecular weight is 288 g/mol. The van der Waals surface area contributed by atoms with E-state index in [2.05, 4.69) is 25.2 Å². The van der Waals surface area contributed by atoms with E-state index in [-0.39, 0.29) is 5.91 Å². The molecular weight excluding hydrogens is 264 g/mol. The number of aryl methyl sites for hydroxylation is 2. The number of nitrogens with zero attached hydrogens (tertiary/aromatic N) is 1. The third-order valence-electron chi connectivity index (χ3n) is 4.81. The van der Waals surface area contributed by atoms with Gasteiger partial charge in [0.05, 0.1) is 13.0 Å². The van der Waals surface area contributed by atoms with Gasteiger partial charge in [-0.25, -0.2) is 0 Å². The highest BCUT2D eigenvalue weighted by molar-refractivity contribution is 5.76. The molecule has 0 spiro atoms. The number of fused-ring (bicyclic) bond motifs is 1. The summed E-state index contributed by atoms with van der Waals surface area (Å²) < 4.78 is 5.71. The van der Waals surface area contributed by atoms with E-state index in [1.807, 2.05) is 17.0 Å². The first kappa shape index (κ1) is 14.4. The fourth-order valence-corrected chi connectivity index (χ4v) is 3.28. The van der Waals surface area contributed by atoms with Crippen LogP contribution in [0.15, 0.2) is 18.2 Å².